The van der Waals surface area contributed by atoms with Crippen LogP contribution in [-0.2, 0) is 0 Å². The molecule has 0 spiro atoms. The Labute approximate surface area is 93.8 Å². The molecule has 2 rings (SSSR count). The molecule has 0 aliphatic rings. The monoisotopic (exact) mass is 275 g/mol. The Morgan fingerprint density at radius 1 is 1.15 bits per heavy atom. The van der Waals surface area contributed by atoms with Crippen molar-refractivity contribution in [2.45, 2.75) is 0 Å². The van der Waals surface area contributed by atoms with Gasteiger partial charge in [-0.15, -0.1) is 0 Å². The second-order valence-electron chi connectivity index (χ2n) is 2.59. The molecule has 1 nitrogen and oxygen atoms in total. The Bertz CT molecular complexity index is 470. The summed E-state index contributed by atoms with van der Waals surface area (Å²) in [6.45, 7) is 0. The average molecular weight is 277 g/mol. The van der Waals surface area contributed by atoms with Crippen LogP contribution in [0.25, 0.3) is 10.9 Å². The van der Waals surface area contributed by atoms with E-state index < -0.39 is 0 Å². The normalized spacial score (nSPS) is 10.7. The molecule has 0 N–H and O–H groups in total. The highest BCUT2D eigenvalue weighted by atomic mass is 79.9. The van der Waals surface area contributed by atoms with Crippen molar-refractivity contribution in [1.29, 1.82) is 0 Å². The fourth-order valence-corrected chi connectivity index (χ4v) is 2.11. The summed E-state index contributed by atoms with van der Waals surface area (Å²) >= 11 is 15.1. The van der Waals surface area contributed by atoms with E-state index in [-0.39, 0.29) is 0 Å². The van der Waals surface area contributed by atoms with Crippen LogP contribution < -0.4 is 0 Å². The maximum Gasteiger partial charge on any atom is 0.108 e. The number of halogens is 3. The van der Waals surface area contributed by atoms with Gasteiger partial charge in [-0.3, -0.25) is 0 Å². The van der Waals surface area contributed by atoms with Gasteiger partial charge in [-0.05, 0) is 40.2 Å². The zero-order valence-corrected chi connectivity index (χ0v) is 9.49. The maximum absolute atomic E-state index is 6.01. The van der Waals surface area contributed by atoms with Gasteiger partial charge in [0.15, 0.2) is 0 Å². The lowest BCUT2D eigenvalue weighted by Crippen LogP contribution is -1.81. The number of rotatable bonds is 0. The average Bonchev–Trinajstić information content (AvgIpc) is 2.06. The van der Waals surface area contributed by atoms with Crippen molar-refractivity contribution in [3.8, 4) is 0 Å². The summed E-state index contributed by atoms with van der Waals surface area (Å²) < 4.78 is 0.729. The molecule has 0 aliphatic heterocycles. The quantitative estimate of drug-likeness (QED) is 0.654. The van der Waals surface area contributed by atoms with Crippen LogP contribution >= 0.6 is 39.1 Å². The molecule has 2 aromatic rings. The van der Waals surface area contributed by atoms with Crippen molar-refractivity contribution in [1.82, 2.24) is 4.98 Å². The second kappa shape index (κ2) is 3.45. The summed E-state index contributed by atoms with van der Waals surface area (Å²) in [5.74, 6) is 0. The lowest BCUT2D eigenvalue weighted by molar-refractivity contribution is 1.35. The minimum atomic E-state index is 0.652. The third-order valence-corrected chi connectivity index (χ3v) is 2.64. The number of benzene rings is 1. The minimum Gasteiger partial charge on any atom is -0.241 e. The van der Waals surface area contributed by atoms with Crippen molar-refractivity contribution >= 4 is 50.0 Å². The highest BCUT2D eigenvalue weighted by Crippen LogP contribution is 2.27. The first-order valence-electron chi connectivity index (χ1n) is 3.58. The smallest absolute Gasteiger partial charge is 0.108 e. The molecule has 1 aromatic carbocycles. The molecule has 4 heteroatoms. The van der Waals surface area contributed by atoms with Crippen molar-refractivity contribution in [2.75, 3.05) is 0 Å². The fraction of sp³-hybridized carbons (Fsp3) is 0. The number of hydrogen-bond acceptors (Lipinski definition) is 1. The van der Waals surface area contributed by atoms with Crippen LogP contribution in [0.3, 0.4) is 0 Å². The molecule has 1 heterocycles. The Hall–Kier alpha value is -0.310. The second-order valence-corrected chi connectivity index (χ2v) is 4.24. The van der Waals surface area contributed by atoms with Crippen LogP contribution in [0.2, 0.25) is 10.0 Å². The molecule has 0 unspecified atom stereocenters. The molecule has 66 valence electrons. The third kappa shape index (κ3) is 1.80. The summed E-state index contributed by atoms with van der Waals surface area (Å²) in [5.41, 5.74) is 0.837. The minimum absolute atomic E-state index is 0.652. The van der Waals surface area contributed by atoms with Crippen LogP contribution in [0.1, 0.15) is 0 Å². The van der Waals surface area contributed by atoms with Crippen LogP contribution in [0.4, 0.5) is 0 Å². The molecule has 0 bridgehead atoms. The summed E-state index contributed by atoms with van der Waals surface area (Å²) in [7, 11) is 0. The van der Waals surface area contributed by atoms with Gasteiger partial charge in [-0.2, -0.15) is 0 Å². The highest BCUT2D eigenvalue weighted by molar-refractivity contribution is 9.10. The number of nitrogens with zero attached hydrogens (tertiary/aromatic N) is 1. The molecule has 0 atom stereocenters. The standard InChI is InChI=1S/C9H4BrCl2N/c10-9-4-7(12)6-3-5(11)1-2-8(6)13-9/h1-4H. The Kier molecular flexibility index (Phi) is 2.45. The molecular weight excluding hydrogens is 273 g/mol. The molecule has 0 amide bonds. The lowest BCUT2D eigenvalue weighted by Gasteiger charge is -2.00. The van der Waals surface area contributed by atoms with E-state index in [9.17, 15) is 0 Å². The Balaban J connectivity index is 2.87. The molecule has 0 fully saturated rings. The molecule has 0 saturated carbocycles. The first-order valence-corrected chi connectivity index (χ1v) is 5.13. The van der Waals surface area contributed by atoms with Crippen LogP contribution in [-0.4, -0.2) is 4.98 Å². The maximum atomic E-state index is 6.01. The summed E-state index contributed by atoms with van der Waals surface area (Å²) in [6, 6.07) is 7.19. The van der Waals surface area contributed by atoms with E-state index in [0.717, 1.165) is 15.5 Å². The number of pyridine rings is 1. The topological polar surface area (TPSA) is 12.9 Å². The zero-order valence-electron chi connectivity index (χ0n) is 6.39. The van der Waals surface area contributed by atoms with Gasteiger partial charge in [-0.1, -0.05) is 23.2 Å². The molecule has 0 aliphatic carbocycles. The van der Waals surface area contributed by atoms with Crippen molar-refractivity contribution in [3.05, 3.63) is 38.9 Å². The molecule has 1 aromatic heterocycles. The number of aromatic nitrogens is 1. The van der Waals surface area contributed by atoms with Gasteiger partial charge < -0.3 is 0 Å². The first-order chi connectivity index (χ1) is 6.16. The van der Waals surface area contributed by atoms with Crippen LogP contribution in [0, 0.1) is 0 Å². The summed E-state index contributed by atoms with van der Waals surface area (Å²) in [6.07, 6.45) is 0. The summed E-state index contributed by atoms with van der Waals surface area (Å²) in [4.78, 5) is 4.25. The van der Waals surface area contributed by atoms with Gasteiger partial charge in [0.25, 0.3) is 0 Å². The molecule has 0 saturated heterocycles. The predicted octanol–water partition coefficient (Wildman–Crippen LogP) is 4.30. The number of hydrogen-bond donors (Lipinski definition) is 0. The van der Waals surface area contributed by atoms with E-state index >= 15 is 0 Å². The van der Waals surface area contributed by atoms with Gasteiger partial charge in [0.1, 0.15) is 4.60 Å². The van der Waals surface area contributed by atoms with E-state index in [4.69, 9.17) is 23.2 Å². The van der Waals surface area contributed by atoms with E-state index in [1.54, 1.807) is 18.2 Å². The largest absolute Gasteiger partial charge is 0.241 e. The Morgan fingerprint density at radius 2 is 1.92 bits per heavy atom. The third-order valence-electron chi connectivity index (χ3n) is 1.69. The van der Waals surface area contributed by atoms with E-state index in [1.165, 1.54) is 0 Å². The zero-order chi connectivity index (χ0) is 9.42. The predicted molar refractivity (Wildman–Crippen MR) is 59.5 cm³/mol. The Morgan fingerprint density at radius 3 is 2.69 bits per heavy atom. The van der Waals surface area contributed by atoms with Crippen LogP contribution in [0.5, 0.6) is 0 Å². The summed E-state index contributed by atoms with van der Waals surface area (Å²) in [5, 5.41) is 2.19. The van der Waals surface area contributed by atoms with E-state index in [2.05, 4.69) is 20.9 Å². The highest BCUT2D eigenvalue weighted by Gasteiger charge is 2.02. The van der Waals surface area contributed by atoms with Gasteiger partial charge in [0.2, 0.25) is 0 Å². The van der Waals surface area contributed by atoms with Crippen LogP contribution in [0.15, 0.2) is 28.9 Å². The fourth-order valence-electron chi connectivity index (χ4n) is 1.13. The number of fused-ring (bicyclic) bond motifs is 1. The van der Waals surface area contributed by atoms with Gasteiger partial charge >= 0.3 is 0 Å². The van der Waals surface area contributed by atoms with Crippen molar-refractivity contribution in [2.24, 2.45) is 0 Å². The molecular formula is C9H4BrCl2N. The van der Waals surface area contributed by atoms with Crippen molar-refractivity contribution < 1.29 is 0 Å². The van der Waals surface area contributed by atoms with E-state index in [1.807, 2.05) is 6.07 Å². The van der Waals surface area contributed by atoms with E-state index in [0.29, 0.717) is 10.0 Å². The van der Waals surface area contributed by atoms with Gasteiger partial charge in [-0.25, -0.2) is 4.98 Å². The SMILES string of the molecule is Clc1ccc2nc(Br)cc(Cl)c2c1. The molecule has 0 radical (unpaired) electrons. The van der Waals surface area contributed by atoms with Gasteiger partial charge in [0.05, 0.1) is 10.5 Å². The first kappa shape index (κ1) is 9.25. The van der Waals surface area contributed by atoms with Crippen molar-refractivity contribution in [3.63, 3.8) is 0 Å². The van der Waals surface area contributed by atoms with Gasteiger partial charge in [0, 0.05) is 10.4 Å². The lowest BCUT2D eigenvalue weighted by atomic mass is 10.2. The molecule has 13 heavy (non-hydrogen) atoms.